The highest BCUT2D eigenvalue weighted by atomic mass is 35.5. The average Bonchev–Trinajstić information content (AvgIpc) is 2.73. The topological polar surface area (TPSA) is 36.9 Å². The van der Waals surface area contributed by atoms with Crippen molar-refractivity contribution in [3.63, 3.8) is 0 Å². The average molecular weight is 328 g/mol. The Morgan fingerprint density at radius 2 is 2.00 bits per heavy atom. The van der Waals surface area contributed by atoms with Crippen molar-refractivity contribution in [2.45, 2.75) is 6.92 Å². The minimum Gasteiger partial charge on any atom is -0.438 e. The van der Waals surface area contributed by atoms with Crippen LogP contribution < -0.4 is 20.6 Å². The first kappa shape index (κ1) is 14.5. The number of ether oxygens (including phenoxy) is 1. The van der Waals surface area contributed by atoms with Crippen LogP contribution in [0.4, 0.5) is 5.69 Å². The second kappa shape index (κ2) is 5.87. The van der Waals surface area contributed by atoms with Crippen LogP contribution in [0.5, 0.6) is 5.75 Å². The van der Waals surface area contributed by atoms with E-state index in [9.17, 15) is 0 Å². The molecule has 0 aromatic heterocycles. The van der Waals surface area contributed by atoms with Gasteiger partial charge in [0, 0.05) is 37.3 Å². The summed E-state index contributed by atoms with van der Waals surface area (Å²) in [5, 5.41) is 6.05. The number of hydrogen-bond donors (Lipinski definition) is 1. The summed E-state index contributed by atoms with van der Waals surface area (Å²) in [6.45, 7) is 5.82. The number of nitrogens with zero attached hydrogens (tertiary/aromatic N) is 2. The van der Waals surface area contributed by atoms with Crippen molar-refractivity contribution < 1.29 is 4.74 Å². The molecule has 2 aromatic carbocycles. The van der Waals surface area contributed by atoms with Crippen LogP contribution in [0.1, 0.15) is 5.56 Å². The molecule has 2 aliphatic heterocycles. The van der Waals surface area contributed by atoms with Crippen LogP contribution in [0, 0.1) is 6.92 Å². The molecule has 2 heterocycles. The molecular weight excluding hydrogens is 310 g/mol. The molecule has 2 aromatic rings. The van der Waals surface area contributed by atoms with E-state index in [2.05, 4.69) is 35.3 Å². The maximum Gasteiger partial charge on any atom is 0.205 e. The highest BCUT2D eigenvalue weighted by Gasteiger charge is 2.20. The zero-order valence-electron chi connectivity index (χ0n) is 13.0. The van der Waals surface area contributed by atoms with Gasteiger partial charge in [-0.3, -0.25) is 0 Å². The summed E-state index contributed by atoms with van der Waals surface area (Å²) in [5.74, 6) is 1.58. The molecule has 0 atom stereocenters. The number of aryl methyl sites for hydroxylation is 1. The zero-order chi connectivity index (χ0) is 15.8. The van der Waals surface area contributed by atoms with Gasteiger partial charge in [-0.05, 0) is 30.7 Å². The molecule has 0 saturated carbocycles. The number of rotatable bonds is 1. The van der Waals surface area contributed by atoms with Crippen LogP contribution in [0.25, 0.3) is 5.88 Å². The summed E-state index contributed by atoms with van der Waals surface area (Å²) in [5.41, 5.74) is 1.96. The van der Waals surface area contributed by atoms with Gasteiger partial charge < -0.3 is 15.0 Å². The highest BCUT2D eigenvalue weighted by molar-refractivity contribution is 6.30. The third-order valence-corrected chi connectivity index (χ3v) is 4.47. The van der Waals surface area contributed by atoms with Crippen LogP contribution >= 0.6 is 11.6 Å². The van der Waals surface area contributed by atoms with Crippen LogP contribution in [0.15, 0.2) is 41.4 Å². The minimum absolute atomic E-state index is 0.654. The van der Waals surface area contributed by atoms with Gasteiger partial charge in [0.1, 0.15) is 5.69 Å². The number of fused-ring (bicyclic) bond motifs is 2. The maximum atomic E-state index is 6.30. The van der Waals surface area contributed by atoms with Crippen molar-refractivity contribution in [2.24, 2.45) is 4.99 Å². The molecule has 4 rings (SSSR count). The second-order valence-electron chi connectivity index (χ2n) is 5.84. The Morgan fingerprint density at radius 3 is 2.83 bits per heavy atom. The van der Waals surface area contributed by atoms with Crippen molar-refractivity contribution in [1.82, 2.24) is 10.2 Å². The van der Waals surface area contributed by atoms with Gasteiger partial charge in [0.2, 0.25) is 5.88 Å². The number of hydrogen-bond acceptors (Lipinski definition) is 4. The van der Waals surface area contributed by atoms with E-state index in [0.717, 1.165) is 53.9 Å². The summed E-state index contributed by atoms with van der Waals surface area (Å²) < 4.78 is 6.30. The molecule has 0 amide bonds. The molecule has 0 radical (unpaired) electrons. The molecule has 23 heavy (non-hydrogen) atoms. The van der Waals surface area contributed by atoms with Crippen molar-refractivity contribution in [3.8, 4) is 5.75 Å². The van der Waals surface area contributed by atoms with Gasteiger partial charge in [0.15, 0.2) is 5.75 Å². The van der Waals surface area contributed by atoms with Crippen molar-refractivity contribution >= 4 is 23.2 Å². The predicted molar refractivity (Wildman–Crippen MR) is 91.6 cm³/mol. The fourth-order valence-electron chi connectivity index (χ4n) is 3.02. The lowest BCUT2D eigenvalue weighted by atomic mass is 10.2. The molecule has 4 nitrogen and oxygen atoms in total. The van der Waals surface area contributed by atoms with Crippen LogP contribution in [-0.2, 0) is 0 Å². The third-order valence-electron chi connectivity index (χ3n) is 4.23. The standard InChI is InChI=1S/C18H18ClN3O/c1-12-3-2-4-14-17(12)21-15-6-5-13(19)11-16(15)23-18(14)22-9-7-20-8-10-22/h2-6,11,20H,7-10H2,1H3. The molecule has 0 bridgehead atoms. The van der Waals surface area contributed by atoms with E-state index in [1.807, 2.05) is 18.2 Å². The van der Waals surface area contributed by atoms with Crippen molar-refractivity contribution in [3.05, 3.63) is 57.6 Å². The summed E-state index contributed by atoms with van der Waals surface area (Å²) in [7, 11) is 0. The van der Waals surface area contributed by atoms with Gasteiger partial charge in [-0.25, -0.2) is 4.99 Å². The van der Waals surface area contributed by atoms with Gasteiger partial charge in [0.25, 0.3) is 0 Å². The van der Waals surface area contributed by atoms with Crippen molar-refractivity contribution in [2.75, 3.05) is 26.2 Å². The van der Waals surface area contributed by atoms with Crippen LogP contribution in [-0.4, -0.2) is 31.1 Å². The van der Waals surface area contributed by atoms with E-state index in [-0.39, 0.29) is 0 Å². The highest BCUT2D eigenvalue weighted by Crippen LogP contribution is 2.33. The smallest absolute Gasteiger partial charge is 0.205 e. The summed E-state index contributed by atoms with van der Waals surface area (Å²) >= 11 is 6.15. The Bertz CT molecular complexity index is 872. The molecule has 2 aliphatic rings. The number of benzene rings is 2. The molecule has 0 unspecified atom stereocenters. The fourth-order valence-corrected chi connectivity index (χ4v) is 3.19. The summed E-state index contributed by atoms with van der Waals surface area (Å²) in [4.78, 5) is 7.12. The fraction of sp³-hybridized carbons (Fsp3) is 0.278. The van der Waals surface area contributed by atoms with Gasteiger partial charge >= 0.3 is 0 Å². The largest absolute Gasteiger partial charge is 0.438 e. The molecule has 118 valence electrons. The maximum absolute atomic E-state index is 6.30. The quantitative estimate of drug-likeness (QED) is 0.870. The Morgan fingerprint density at radius 1 is 1.17 bits per heavy atom. The van der Waals surface area contributed by atoms with E-state index in [4.69, 9.17) is 21.3 Å². The number of para-hydroxylation sites is 1. The minimum atomic E-state index is 0.654. The number of piperazine rings is 1. The third kappa shape index (κ3) is 2.69. The van der Waals surface area contributed by atoms with Crippen molar-refractivity contribution in [1.29, 1.82) is 0 Å². The lowest BCUT2D eigenvalue weighted by Crippen LogP contribution is -2.46. The van der Waals surface area contributed by atoms with E-state index in [0.29, 0.717) is 10.8 Å². The predicted octanol–water partition coefficient (Wildman–Crippen LogP) is 1.96. The van der Waals surface area contributed by atoms with E-state index >= 15 is 0 Å². The second-order valence-corrected chi connectivity index (χ2v) is 6.28. The lowest BCUT2D eigenvalue weighted by Gasteiger charge is -2.30. The summed E-state index contributed by atoms with van der Waals surface area (Å²) in [6.07, 6.45) is 0. The molecule has 5 heteroatoms. The first-order chi connectivity index (χ1) is 11.2. The first-order valence-corrected chi connectivity index (χ1v) is 8.22. The van der Waals surface area contributed by atoms with E-state index in [1.54, 1.807) is 0 Å². The van der Waals surface area contributed by atoms with E-state index < -0.39 is 0 Å². The summed E-state index contributed by atoms with van der Waals surface area (Å²) in [6, 6.07) is 11.8. The monoisotopic (exact) mass is 327 g/mol. The number of halogens is 1. The SMILES string of the molecule is Cc1cccc2c1=Nc1ccc(Cl)cc1OC=2N1CCNCC1. The molecule has 1 saturated heterocycles. The molecular formula is C18H18ClN3O. The first-order valence-electron chi connectivity index (χ1n) is 7.84. The normalized spacial score (nSPS) is 16.8. The zero-order valence-corrected chi connectivity index (χ0v) is 13.7. The van der Waals surface area contributed by atoms with E-state index in [1.165, 1.54) is 0 Å². The number of nitrogens with one attached hydrogen (secondary N) is 1. The van der Waals surface area contributed by atoms with Gasteiger partial charge in [-0.15, -0.1) is 0 Å². The lowest BCUT2D eigenvalue weighted by molar-refractivity contribution is 0.265. The van der Waals surface area contributed by atoms with Crippen LogP contribution in [0.2, 0.25) is 5.02 Å². The Labute approximate surface area is 140 Å². The molecule has 1 N–H and O–H groups in total. The van der Waals surface area contributed by atoms with Gasteiger partial charge in [-0.1, -0.05) is 23.7 Å². The molecule has 0 aliphatic carbocycles. The van der Waals surface area contributed by atoms with Crippen LogP contribution in [0.3, 0.4) is 0 Å². The Hall–Kier alpha value is -2.04. The van der Waals surface area contributed by atoms with Gasteiger partial charge in [-0.2, -0.15) is 0 Å². The molecule has 1 fully saturated rings. The Balaban J connectivity index is 1.98. The molecule has 0 spiro atoms. The van der Waals surface area contributed by atoms with Gasteiger partial charge in [0.05, 0.1) is 10.6 Å². The Kier molecular flexibility index (Phi) is 3.71.